The molecule has 2 atom stereocenters. The number of rotatable bonds is 5. The molecule has 0 saturated carbocycles. The molecule has 0 aliphatic heterocycles. The highest BCUT2D eigenvalue weighted by Crippen LogP contribution is 2.27. The number of benzene rings is 1. The third-order valence-electron chi connectivity index (χ3n) is 3.84. The largest absolute Gasteiger partial charge is 0.297 e. The minimum absolute atomic E-state index is 0.219. The molecule has 1 aromatic rings. The predicted molar refractivity (Wildman–Crippen MR) is 82.3 cm³/mol. The van der Waals surface area contributed by atoms with Crippen LogP contribution in [0.4, 0.5) is 0 Å². The van der Waals surface area contributed by atoms with Crippen LogP contribution in [0.3, 0.4) is 0 Å². The second-order valence-electron chi connectivity index (χ2n) is 6.44. The second-order valence-corrected chi connectivity index (χ2v) is 8.01. The predicted octanol–water partition coefficient (Wildman–Crippen LogP) is 4.34. The fourth-order valence-corrected chi connectivity index (χ4v) is 2.84. The van der Waals surface area contributed by atoms with E-state index in [1.165, 1.54) is 0 Å². The molecule has 20 heavy (non-hydrogen) atoms. The van der Waals surface area contributed by atoms with Crippen LogP contribution < -0.4 is 0 Å². The van der Waals surface area contributed by atoms with Crippen LogP contribution in [0.1, 0.15) is 59.4 Å². The molecule has 114 valence electrons. The zero-order valence-corrected chi connectivity index (χ0v) is 14.1. The van der Waals surface area contributed by atoms with Gasteiger partial charge in [-0.1, -0.05) is 46.8 Å². The summed E-state index contributed by atoms with van der Waals surface area (Å²) in [6.45, 7) is 11.9. The molecule has 1 rings (SSSR count). The quantitative estimate of drug-likeness (QED) is 0.759. The molecule has 0 spiro atoms. The van der Waals surface area contributed by atoms with Crippen molar-refractivity contribution in [3.05, 3.63) is 29.8 Å². The van der Waals surface area contributed by atoms with Gasteiger partial charge in [-0.3, -0.25) is 4.18 Å². The van der Waals surface area contributed by atoms with E-state index in [4.69, 9.17) is 4.18 Å². The molecule has 4 heteroatoms. The summed E-state index contributed by atoms with van der Waals surface area (Å²) in [7, 11) is -3.69. The highest BCUT2D eigenvalue weighted by molar-refractivity contribution is 7.86. The Hall–Kier alpha value is -0.870. The summed E-state index contributed by atoms with van der Waals surface area (Å²) >= 11 is 0. The van der Waals surface area contributed by atoms with Gasteiger partial charge in [0.15, 0.2) is 0 Å². The van der Waals surface area contributed by atoms with Crippen molar-refractivity contribution in [1.29, 1.82) is 0 Å². The Morgan fingerprint density at radius 2 is 1.60 bits per heavy atom. The van der Waals surface area contributed by atoms with Gasteiger partial charge in [0, 0.05) is 0 Å². The van der Waals surface area contributed by atoms with E-state index in [9.17, 15) is 8.42 Å². The Morgan fingerprint density at radius 3 is 2.00 bits per heavy atom. The van der Waals surface area contributed by atoms with E-state index in [-0.39, 0.29) is 16.4 Å². The standard InChI is InChI=1S/C16H26O3S/c1-7-12(2)14-8-10-15(11-9-14)20(17,18)19-13(3)16(4,5)6/h8-13H,7H2,1-6H3. The molecule has 0 heterocycles. The molecule has 0 fully saturated rings. The first-order chi connectivity index (χ1) is 9.08. The Kier molecular flexibility index (Phi) is 5.39. The zero-order valence-electron chi connectivity index (χ0n) is 13.3. The van der Waals surface area contributed by atoms with Crippen LogP contribution in [-0.2, 0) is 14.3 Å². The van der Waals surface area contributed by atoms with E-state index in [0.717, 1.165) is 12.0 Å². The third-order valence-corrected chi connectivity index (χ3v) is 5.23. The van der Waals surface area contributed by atoms with E-state index in [0.29, 0.717) is 5.92 Å². The van der Waals surface area contributed by atoms with Crippen LogP contribution in [-0.4, -0.2) is 14.5 Å². The highest BCUT2D eigenvalue weighted by atomic mass is 32.2. The maximum Gasteiger partial charge on any atom is 0.297 e. The lowest BCUT2D eigenvalue weighted by Crippen LogP contribution is -2.28. The third kappa shape index (κ3) is 4.32. The fourth-order valence-electron chi connectivity index (χ4n) is 1.59. The molecule has 2 unspecified atom stereocenters. The Morgan fingerprint density at radius 1 is 1.10 bits per heavy atom. The molecule has 0 radical (unpaired) electrons. The van der Waals surface area contributed by atoms with Crippen molar-refractivity contribution in [2.24, 2.45) is 5.41 Å². The van der Waals surface area contributed by atoms with Gasteiger partial charge in [0.2, 0.25) is 0 Å². The van der Waals surface area contributed by atoms with Gasteiger partial charge < -0.3 is 0 Å². The molecular weight excluding hydrogens is 272 g/mol. The van der Waals surface area contributed by atoms with Gasteiger partial charge in [-0.25, -0.2) is 0 Å². The van der Waals surface area contributed by atoms with Crippen LogP contribution in [0.2, 0.25) is 0 Å². The SMILES string of the molecule is CCC(C)c1ccc(S(=O)(=O)OC(C)C(C)(C)C)cc1. The van der Waals surface area contributed by atoms with E-state index >= 15 is 0 Å². The van der Waals surface area contributed by atoms with E-state index < -0.39 is 10.1 Å². The Balaban J connectivity index is 2.94. The molecule has 1 aromatic carbocycles. The molecular formula is C16H26O3S. The van der Waals surface area contributed by atoms with Gasteiger partial charge in [0.05, 0.1) is 11.0 Å². The van der Waals surface area contributed by atoms with E-state index in [2.05, 4.69) is 13.8 Å². The summed E-state index contributed by atoms with van der Waals surface area (Å²) < 4.78 is 29.7. The first-order valence-electron chi connectivity index (χ1n) is 7.11. The van der Waals surface area contributed by atoms with Crippen LogP contribution in [0.15, 0.2) is 29.2 Å². The van der Waals surface area contributed by atoms with Crippen LogP contribution in [0.5, 0.6) is 0 Å². The summed E-state index contributed by atoms with van der Waals surface area (Å²) in [5.41, 5.74) is 0.930. The van der Waals surface area contributed by atoms with E-state index in [1.807, 2.05) is 32.9 Å². The smallest absolute Gasteiger partial charge is 0.263 e. The molecule has 0 N–H and O–H groups in total. The van der Waals surface area contributed by atoms with Crippen molar-refractivity contribution in [2.45, 2.75) is 64.9 Å². The summed E-state index contributed by atoms with van der Waals surface area (Å²) in [4.78, 5) is 0.223. The topological polar surface area (TPSA) is 43.4 Å². The van der Waals surface area contributed by atoms with Gasteiger partial charge >= 0.3 is 0 Å². The minimum Gasteiger partial charge on any atom is -0.263 e. The Labute approximate surface area is 123 Å². The first-order valence-corrected chi connectivity index (χ1v) is 8.52. The van der Waals surface area contributed by atoms with Crippen molar-refractivity contribution < 1.29 is 12.6 Å². The molecule has 0 saturated heterocycles. The van der Waals surface area contributed by atoms with Crippen molar-refractivity contribution >= 4 is 10.1 Å². The molecule has 3 nitrogen and oxygen atoms in total. The van der Waals surface area contributed by atoms with Gasteiger partial charge in [-0.15, -0.1) is 0 Å². The lowest BCUT2D eigenvalue weighted by Gasteiger charge is -2.26. The first kappa shape index (κ1) is 17.2. The zero-order chi connectivity index (χ0) is 15.6. The van der Waals surface area contributed by atoms with E-state index in [1.54, 1.807) is 19.1 Å². The van der Waals surface area contributed by atoms with Crippen molar-refractivity contribution in [3.63, 3.8) is 0 Å². The molecule has 0 aliphatic rings. The molecule has 0 aliphatic carbocycles. The monoisotopic (exact) mass is 298 g/mol. The Bertz CT molecular complexity index is 524. The second kappa shape index (κ2) is 6.27. The van der Waals surface area contributed by atoms with Crippen molar-refractivity contribution in [2.75, 3.05) is 0 Å². The number of hydrogen-bond acceptors (Lipinski definition) is 3. The summed E-state index contributed by atoms with van der Waals surface area (Å²) in [5, 5.41) is 0. The molecule has 0 amide bonds. The average molecular weight is 298 g/mol. The van der Waals surface area contributed by atoms with Crippen LogP contribution in [0.25, 0.3) is 0 Å². The van der Waals surface area contributed by atoms with Gasteiger partial charge in [0.1, 0.15) is 0 Å². The highest BCUT2D eigenvalue weighted by Gasteiger charge is 2.27. The minimum atomic E-state index is -3.69. The summed E-state index contributed by atoms with van der Waals surface area (Å²) in [6.07, 6.45) is 0.658. The molecule has 0 bridgehead atoms. The lowest BCUT2D eigenvalue weighted by atomic mass is 9.91. The van der Waals surface area contributed by atoms with Gasteiger partial charge in [-0.2, -0.15) is 8.42 Å². The van der Waals surface area contributed by atoms with Gasteiger partial charge in [-0.05, 0) is 42.4 Å². The maximum absolute atomic E-state index is 12.2. The fraction of sp³-hybridized carbons (Fsp3) is 0.625. The average Bonchev–Trinajstić information content (AvgIpc) is 2.36. The van der Waals surface area contributed by atoms with Crippen molar-refractivity contribution in [1.82, 2.24) is 0 Å². The van der Waals surface area contributed by atoms with Gasteiger partial charge in [0.25, 0.3) is 10.1 Å². The summed E-state index contributed by atoms with van der Waals surface area (Å²) in [5.74, 6) is 0.432. The van der Waals surface area contributed by atoms with Crippen LogP contribution in [0, 0.1) is 5.41 Å². The number of hydrogen-bond donors (Lipinski definition) is 0. The van der Waals surface area contributed by atoms with Crippen LogP contribution >= 0.6 is 0 Å². The molecule has 0 aromatic heterocycles. The maximum atomic E-state index is 12.2. The summed E-state index contributed by atoms with van der Waals surface area (Å²) in [6, 6.07) is 7.00. The van der Waals surface area contributed by atoms with Crippen molar-refractivity contribution in [3.8, 4) is 0 Å². The normalized spacial score (nSPS) is 15.9. The lowest BCUT2D eigenvalue weighted by molar-refractivity contribution is 0.110.